The fourth-order valence-corrected chi connectivity index (χ4v) is 5.37. The number of aromatic hydroxyl groups is 1. The minimum atomic E-state index is -4.65. The molecule has 2 aromatic carbocycles. The lowest BCUT2D eigenvalue weighted by Crippen LogP contribution is -2.36. The highest BCUT2D eigenvalue weighted by Gasteiger charge is 2.80. The average molecular weight is 545 g/mol. The van der Waals surface area contributed by atoms with Crippen LogP contribution in [0.25, 0.3) is 0 Å². The van der Waals surface area contributed by atoms with Gasteiger partial charge in [0.1, 0.15) is 23.1 Å². The maximum absolute atomic E-state index is 13.1. The Morgan fingerprint density at radius 3 is 2.76 bits per heavy atom. The molecule has 2 saturated carbocycles. The van der Waals surface area contributed by atoms with E-state index in [0.717, 1.165) is 17.7 Å². The Balaban J connectivity index is 1.16. The normalized spacial score (nSPS) is 23.0. The summed E-state index contributed by atoms with van der Waals surface area (Å²) in [5.41, 5.74) is -0.286. The Kier molecular flexibility index (Phi) is 5.46. The number of carbonyl (C=O) groups excluding carboxylic acids is 2. The average Bonchev–Trinajstić information content (AvgIpc) is 3.71. The molecule has 0 spiro atoms. The summed E-state index contributed by atoms with van der Waals surface area (Å²) in [7, 11) is 0. The van der Waals surface area contributed by atoms with Crippen molar-refractivity contribution in [1.82, 2.24) is 10.3 Å². The number of aromatic nitrogens is 1. The van der Waals surface area contributed by atoms with Crippen LogP contribution in [-0.2, 0) is 17.4 Å². The number of nitrogens with one attached hydrogen (secondary N) is 3. The van der Waals surface area contributed by atoms with Gasteiger partial charge >= 0.3 is 12.2 Å². The summed E-state index contributed by atoms with van der Waals surface area (Å²) in [6.45, 7) is 0. The fraction of sp³-hybridized carbons (Fsp3) is 0.269. The van der Waals surface area contributed by atoms with E-state index in [0.29, 0.717) is 42.1 Å². The van der Waals surface area contributed by atoms with Gasteiger partial charge in [0.2, 0.25) is 5.91 Å². The third-order valence-corrected chi connectivity index (χ3v) is 7.55. The molecule has 2 fully saturated rings. The largest absolute Gasteiger partial charge is 0.508 e. The van der Waals surface area contributed by atoms with Gasteiger partial charge in [-0.3, -0.25) is 4.79 Å². The standard InChI is InChI=1S/C26H20ClF3N4O4/c27-18-4-1-12(9-16(18)26(28,29)30)32-24(37)34-25-11-17(25)22(25)15-10-13(2-5-19(15)35)38-20-7-8-31-23-14(20)3-6-21(36)33-23/h1-2,4-5,7-10,17,22,35H,3,6,11H2,(H,31,33,36)(H2,32,34,37)/t17-,22+,25-/m0/s1. The summed E-state index contributed by atoms with van der Waals surface area (Å²) < 4.78 is 45.5. The summed E-state index contributed by atoms with van der Waals surface area (Å²) in [5.74, 6) is 1.33. The van der Waals surface area contributed by atoms with Gasteiger partial charge in [0.05, 0.1) is 16.1 Å². The number of nitrogens with zero attached hydrogens (tertiary/aromatic N) is 1. The van der Waals surface area contributed by atoms with E-state index in [1.165, 1.54) is 18.3 Å². The van der Waals surface area contributed by atoms with Crippen molar-refractivity contribution in [3.63, 3.8) is 0 Å². The minimum Gasteiger partial charge on any atom is -0.508 e. The lowest BCUT2D eigenvalue weighted by Gasteiger charge is -2.20. The van der Waals surface area contributed by atoms with E-state index in [1.54, 1.807) is 18.2 Å². The Labute approximate surface area is 219 Å². The maximum Gasteiger partial charge on any atom is 0.417 e. The monoisotopic (exact) mass is 544 g/mol. The van der Waals surface area contributed by atoms with Crippen LogP contribution in [0.1, 0.15) is 35.4 Å². The van der Waals surface area contributed by atoms with Crippen molar-refractivity contribution in [2.24, 2.45) is 5.92 Å². The van der Waals surface area contributed by atoms with E-state index < -0.39 is 28.3 Å². The first-order valence-electron chi connectivity index (χ1n) is 11.8. The number of phenolic OH excluding ortho intramolecular Hbond substituents is 1. The fourth-order valence-electron chi connectivity index (χ4n) is 5.14. The number of phenols is 1. The van der Waals surface area contributed by atoms with Crippen LogP contribution < -0.4 is 20.7 Å². The second kappa shape index (κ2) is 8.52. The van der Waals surface area contributed by atoms with Crippen molar-refractivity contribution in [2.45, 2.75) is 36.9 Å². The van der Waals surface area contributed by atoms with E-state index in [4.69, 9.17) is 16.3 Å². The van der Waals surface area contributed by atoms with Crippen LogP contribution in [0.5, 0.6) is 17.2 Å². The first-order chi connectivity index (χ1) is 18.0. The molecule has 0 bridgehead atoms. The van der Waals surface area contributed by atoms with Crippen LogP contribution in [0, 0.1) is 5.92 Å². The number of hydrogen-bond acceptors (Lipinski definition) is 5. The number of amides is 3. The van der Waals surface area contributed by atoms with Gasteiger partial charge in [-0.15, -0.1) is 0 Å². The Bertz CT molecular complexity index is 1500. The van der Waals surface area contributed by atoms with Crippen LogP contribution >= 0.6 is 11.6 Å². The third kappa shape index (κ3) is 4.26. The number of fused-ring (bicyclic) bond motifs is 2. The zero-order valence-corrected chi connectivity index (χ0v) is 20.3. The number of hydrogen-bond donors (Lipinski definition) is 4. The summed E-state index contributed by atoms with van der Waals surface area (Å²) >= 11 is 5.64. The molecule has 4 N–H and O–H groups in total. The van der Waals surface area contributed by atoms with E-state index in [-0.39, 0.29) is 29.2 Å². The predicted octanol–water partition coefficient (Wildman–Crippen LogP) is 5.81. The molecule has 3 aliphatic rings. The van der Waals surface area contributed by atoms with Crippen molar-refractivity contribution in [3.05, 3.63) is 70.4 Å². The molecular formula is C26H20ClF3N4O4. The highest BCUT2D eigenvalue weighted by Crippen LogP contribution is 2.77. The molecular weight excluding hydrogens is 525 g/mol. The summed E-state index contributed by atoms with van der Waals surface area (Å²) in [5, 5.41) is 18.1. The van der Waals surface area contributed by atoms with Crippen LogP contribution in [0.15, 0.2) is 48.7 Å². The van der Waals surface area contributed by atoms with Gasteiger partial charge in [-0.05, 0) is 61.2 Å². The number of halogens is 4. The minimum absolute atomic E-state index is 0.0415. The number of pyridine rings is 1. The molecule has 12 heteroatoms. The van der Waals surface area contributed by atoms with E-state index >= 15 is 0 Å². The molecule has 196 valence electrons. The van der Waals surface area contributed by atoms with Gasteiger partial charge in [-0.25, -0.2) is 9.78 Å². The number of alkyl halides is 3. The second-order valence-electron chi connectivity index (χ2n) is 9.61. The molecule has 6 rings (SSSR count). The van der Waals surface area contributed by atoms with Crippen molar-refractivity contribution in [3.8, 4) is 17.2 Å². The number of ether oxygens (including phenoxy) is 1. The molecule has 1 aliphatic heterocycles. The van der Waals surface area contributed by atoms with Crippen LogP contribution in [0.3, 0.4) is 0 Å². The number of urea groups is 1. The quantitative estimate of drug-likeness (QED) is 0.324. The zero-order chi connectivity index (χ0) is 26.8. The molecule has 38 heavy (non-hydrogen) atoms. The molecule has 2 aliphatic carbocycles. The smallest absolute Gasteiger partial charge is 0.417 e. The Hall–Kier alpha value is -3.99. The van der Waals surface area contributed by atoms with Crippen molar-refractivity contribution < 1.29 is 32.6 Å². The Morgan fingerprint density at radius 2 is 2.00 bits per heavy atom. The van der Waals surface area contributed by atoms with Gasteiger partial charge in [-0.2, -0.15) is 13.2 Å². The molecule has 8 nitrogen and oxygen atoms in total. The first-order valence-corrected chi connectivity index (χ1v) is 12.2. The molecule has 3 atom stereocenters. The molecule has 0 unspecified atom stereocenters. The van der Waals surface area contributed by atoms with Crippen molar-refractivity contribution >= 4 is 35.0 Å². The molecule has 2 heterocycles. The van der Waals surface area contributed by atoms with E-state index in [1.807, 2.05) is 0 Å². The van der Waals surface area contributed by atoms with Crippen molar-refractivity contribution in [1.29, 1.82) is 0 Å². The molecule has 3 aromatic rings. The molecule has 0 radical (unpaired) electrons. The van der Waals surface area contributed by atoms with Crippen LogP contribution in [0.4, 0.5) is 29.5 Å². The highest BCUT2D eigenvalue weighted by molar-refractivity contribution is 6.31. The zero-order valence-electron chi connectivity index (χ0n) is 19.5. The van der Waals surface area contributed by atoms with Crippen LogP contribution in [0.2, 0.25) is 5.02 Å². The van der Waals surface area contributed by atoms with Gasteiger partial charge < -0.3 is 25.8 Å². The first kappa shape index (κ1) is 24.4. The predicted molar refractivity (Wildman–Crippen MR) is 132 cm³/mol. The number of anilines is 2. The summed E-state index contributed by atoms with van der Waals surface area (Å²) in [4.78, 5) is 28.5. The number of benzene rings is 2. The molecule has 3 amide bonds. The SMILES string of the molecule is O=C1CCc2c(Oc3ccc(O)c([C@@H]4[C@@H]5C[C@@]45NC(=O)Nc4ccc(Cl)c(C(F)(F)F)c4)c3)ccnc2N1. The van der Waals surface area contributed by atoms with Crippen molar-refractivity contribution in [2.75, 3.05) is 10.6 Å². The highest BCUT2D eigenvalue weighted by atomic mass is 35.5. The van der Waals surface area contributed by atoms with Gasteiger partial charge in [-0.1, -0.05) is 11.6 Å². The van der Waals surface area contributed by atoms with Gasteiger partial charge in [0.25, 0.3) is 0 Å². The topological polar surface area (TPSA) is 113 Å². The second-order valence-corrected chi connectivity index (χ2v) is 10.0. The molecule has 1 aromatic heterocycles. The summed E-state index contributed by atoms with van der Waals surface area (Å²) in [6.07, 6.45) is -1.63. The lowest BCUT2D eigenvalue weighted by molar-refractivity contribution is -0.137. The van der Waals surface area contributed by atoms with Gasteiger partial charge in [0, 0.05) is 35.3 Å². The molecule has 0 saturated heterocycles. The van der Waals surface area contributed by atoms with E-state index in [2.05, 4.69) is 20.9 Å². The third-order valence-electron chi connectivity index (χ3n) is 7.22. The Morgan fingerprint density at radius 1 is 1.18 bits per heavy atom. The maximum atomic E-state index is 13.1. The van der Waals surface area contributed by atoms with Crippen LogP contribution in [-0.4, -0.2) is 27.6 Å². The number of rotatable bonds is 5. The lowest BCUT2D eigenvalue weighted by atomic mass is 9.99. The number of carbonyl (C=O) groups is 2. The van der Waals surface area contributed by atoms with E-state index in [9.17, 15) is 27.9 Å². The van der Waals surface area contributed by atoms with Gasteiger partial charge in [0.15, 0.2) is 0 Å². The summed E-state index contributed by atoms with van der Waals surface area (Å²) in [6, 6.07) is 9.04.